The number of hydrogen-bond acceptors (Lipinski definition) is 3. The second-order valence-electron chi connectivity index (χ2n) is 2.23. The van der Waals surface area contributed by atoms with Gasteiger partial charge in [-0.3, -0.25) is 4.79 Å². The Morgan fingerprint density at radius 2 is 2.25 bits per heavy atom. The molecule has 0 atom stereocenters. The highest BCUT2D eigenvalue weighted by Gasteiger charge is 2.11. The fourth-order valence-corrected chi connectivity index (χ4v) is 0.811. The largest absolute Gasteiger partial charge is 0.500 e. The van der Waals surface area contributed by atoms with E-state index in [9.17, 15) is 4.79 Å². The van der Waals surface area contributed by atoms with Gasteiger partial charge in [0.15, 0.2) is 5.57 Å². The summed E-state index contributed by atoms with van der Waals surface area (Å²) < 4.78 is 4.86. The maximum absolute atomic E-state index is 10.7. The van der Waals surface area contributed by atoms with Gasteiger partial charge in [0.05, 0.1) is 7.11 Å². The number of ether oxygens (including phenoxy) is 1. The van der Waals surface area contributed by atoms with Crippen molar-refractivity contribution in [1.29, 1.82) is 5.26 Å². The minimum atomic E-state index is -0.734. The average Bonchev–Trinajstić information content (AvgIpc) is 2.03. The van der Waals surface area contributed by atoms with Gasteiger partial charge in [-0.25, -0.2) is 0 Å². The summed E-state index contributed by atoms with van der Waals surface area (Å²) in [5, 5.41) is 8.54. The van der Waals surface area contributed by atoms with Gasteiger partial charge in [-0.15, -0.1) is 0 Å². The molecular formula is C8H12N2O2. The predicted molar refractivity (Wildman–Crippen MR) is 43.8 cm³/mol. The van der Waals surface area contributed by atoms with Crippen molar-refractivity contribution in [2.24, 2.45) is 5.73 Å². The van der Waals surface area contributed by atoms with E-state index < -0.39 is 5.91 Å². The Bertz CT molecular complexity index is 238. The molecule has 0 aliphatic rings. The van der Waals surface area contributed by atoms with E-state index in [0.717, 1.165) is 6.42 Å². The molecule has 0 aliphatic carbocycles. The number of carbonyl (C=O) groups is 1. The zero-order valence-electron chi connectivity index (χ0n) is 7.26. The highest BCUT2D eigenvalue weighted by Crippen LogP contribution is 2.10. The number of hydrogen-bond donors (Lipinski definition) is 1. The molecule has 0 radical (unpaired) electrons. The zero-order valence-corrected chi connectivity index (χ0v) is 7.26. The van der Waals surface area contributed by atoms with Crippen molar-refractivity contribution in [1.82, 2.24) is 0 Å². The van der Waals surface area contributed by atoms with Crippen molar-refractivity contribution in [3.63, 3.8) is 0 Å². The summed E-state index contributed by atoms with van der Waals surface area (Å²) in [5.41, 5.74) is 4.87. The lowest BCUT2D eigenvalue weighted by atomic mass is 10.1. The molecule has 66 valence electrons. The van der Waals surface area contributed by atoms with E-state index in [0.29, 0.717) is 12.2 Å². The molecule has 0 aromatic carbocycles. The first-order valence-electron chi connectivity index (χ1n) is 3.64. The topological polar surface area (TPSA) is 76.1 Å². The Labute approximate surface area is 71.6 Å². The maximum Gasteiger partial charge on any atom is 0.262 e. The van der Waals surface area contributed by atoms with Crippen LogP contribution in [0.25, 0.3) is 0 Å². The van der Waals surface area contributed by atoms with Gasteiger partial charge in [0.25, 0.3) is 5.91 Å². The first-order valence-corrected chi connectivity index (χ1v) is 3.64. The number of amides is 1. The molecule has 0 aromatic heterocycles. The summed E-state index contributed by atoms with van der Waals surface area (Å²) in [6, 6.07) is 1.72. The third-order valence-corrected chi connectivity index (χ3v) is 1.36. The van der Waals surface area contributed by atoms with Gasteiger partial charge in [0.2, 0.25) is 0 Å². The molecule has 0 saturated carbocycles. The highest BCUT2D eigenvalue weighted by molar-refractivity contribution is 5.96. The van der Waals surface area contributed by atoms with E-state index in [2.05, 4.69) is 0 Å². The lowest BCUT2D eigenvalue weighted by Crippen LogP contribution is -2.15. The van der Waals surface area contributed by atoms with Gasteiger partial charge >= 0.3 is 0 Å². The molecule has 0 spiro atoms. The van der Waals surface area contributed by atoms with E-state index in [1.807, 2.05) is 6.92 Å². The van der Waals surface area contributed by atoms with Crippen molar-refractivity contribution >= 4 is 5.91 Å². The van der Waals surface area contributed by atoms with E-state index in [1.165, 1.54) is 7.11 Å². The van der Waals surface area contributed by atoms with E-state index >= 15 is 0 Å². The van der Waals surface area contributed by atoms with Crippen LogP contribution in [0.5, 0.6) is 0 Å². The lowest BCUT2D eigenvalue weighted by molar-refractivity contribution is -0.114. The quantitative estimate of drug-likeness (QED) is 0.381. The first kappa shape index (κ1) is 10.5. The Balaban J connectivity index is 4.77. The van der Waals surface area contributed by atoms with Gasteiger partial charge in [-0.2, -0.15) is 5.26 Å². The van der Waals surface area contributed by atoms with Crippen LogP contribution < -0.4 is 5.73 Å². The Kier molecular flexibility index (Phi) is 4.54. The van der Waals surface area contributed by atoms with E-state index in [4.69, 9.17) is 15.7 Å². The minimum Gasteiger partial charge on any atom is -0.500 e. The molecule has 0 rings (SSSR count). The molecule has 0 aromatic rings. The van der Waals surface area contributed by atoms with Crippen LogP contribution in [-0.2, 0) is 9.53 Å². The minimum absolute atomic E-state index is 0.0839. The number of nitriles is 1. The van der Waals surface area contributed by atoms with Gasteiger partial charge in [-0.1, -0.05) is 6.92 Å². The normalized spacial score (nSPS) is 11.4. The molecule has 4 nitrogen and oxygen atoms in total. The fraction of sp³-hybridized carbons (Fsp3) is 0.500. The lowest BCUT2D eigenvalue weighted by Gasteiger charge is -2.04. The van der Waals surface area contributed by atoms with E-state index in [-0.39, 0.29) is 5.57 Å². The SMILES string of the molecule is CCCC(OC)=C(C#N)C(N)=O. The van der Waals surface area contributed by atoms with Crippen molar-refractivity contribution in [3.8, 4) is 6.07 Å². The number of nitrogens with zero attached hydrogens (tertiary/aromatic N) is 1. The predicted octanol–water partition coefficient (Wildman–Crippen LogP) is 0.696. The molecule has 1 amide bonds. The van der Waals surface area contributed by atoms with Gasteiger partial charge in [0, 0.05) is 6.42 Å². The molecule has 0 aliphatic heterocycles. The van der Waals surface area contributed by atoms with Crippen LogP contribution >= 0.6 is 0 Å². The molecule has 0 unspecified atom stereocenters. The fourth-order valence-electron chi connectivity index (χ4n) is 0.811. The summed E-state index contributed by atoms with van der Waals surface area (Å²) in [4.78, 5) is 10.7. The van der Waals surface area contributed by atoms with Gasteiger partial charge < -0.3 is 10.5 Å². The van der Waals surface area contributed by atoms with E-state index in [1.54, 1.807) is 6.07 Å². The van der Waals surface area contributed by atoms with Gasteiger partial charge in [0.1, 0.15) is 11.8 Å². The molecule has 2 N–H and O–H groups in total. The number of allylic oxidation sites excluding steroid dienone is 1. The van der Waals surface area contributed by atoms with Crippen molar-refractivity contribution < 1.29 is 9.53 Å². The second kappa shape index (κ2) is 5.19. The molecule has 12 heavy (non-hydrogen) atoms. The number of primary amides is 1. The summed E-state index contributed by atoms with van der Waals surface area (Å²) >= 11 is 0. The van der Waals surface area contributed by atoms with Crippen LogP contribution in [-0.4, -0.2) is 13.0 Å². The first-order chi connectivity index (χ1) is 5.67. The maximum atomic E-state index is 10.7. The number of methoxy groups -OCH3 is 1. The van der Waals surface area contributed by atoms with Gasteiger partial charge in [-0.05, 0) is 6.42 Å². The van der Waals surface area contributed by atoms with Crippen LogP contribution in [0.15, 0.2) is 11.3 Å². The number of nitrogens with two attached hydrogens (primary N) is 1. The van der Waals surface area contributed by atoms with Crippen LogP contribution in [0, 0.1) is 11.3 Å². The smallest absolute Gasteiger partial charge is 0.262 e. The summed E-state index contributed by atoms with van der Waals surface area (Å²) in [6.45, 7) is 1.93. The molecule has 0 heterocycles. The monoisotopic (exact) mass is 168 g/mol. The molecule has 4 heteroatoms. The molecule has 0 fully saturated rings. The average molecular weight is 168 g/mol. The van der Waals surface area contributed by atoms with Crippen molar-refractivity contribution in [2.45, 2.75) is 19.8 Å². The van der Waals surface area contributed by atoms with Crippen molar-refractivity contribution in [2.75, 3.05) is 7.11 Å². The summed E-state index contributed by atoms with van der Waals surface area (Å²) in [6.07, 6.45) is 1.37. The zero-order chi connectivity index (χ0) is 9.56. The van der Waals surface area contributed by atoms with Crippen LogP contribution in [0.2, 0.25) is 0 Å². The molecule has 0 bridgehead atoms. The highest BCUT2D eigenvalue weighted by atomic mass is 16.5. The number of rotatable bonds is 4. The summed E-state index contributed by atoms with van der Waals surface area (Å²) in [5.74, 6) is -0.365. The van der Waals surface area contributed by atoms with Crippen LogP contribution in [0.3, 0.4) is 0 Å². The summed E-state index contributed by atoms with van der Waals surface area (Å²) in [7, 11) is 1.42. The Morgan fingerprint density at radius 3 is 2.50 bits per heavy atom. The number of carbonyl (C=O) groups excluding carboxylic acids is 1. The third kappa shape index (κ3) is 2.62. The molecule has 0 saturated heterocycles. The Morgan fingerprint density at radius 1 is 1.67 bits per heavy atom. The van der Waals surface area contributed by atoms with Crippen LogP contribution in [0.4, 0.5) is 0 Å². The standard InChI is InChI=1S/C8H12N2O2/c1-3-4-7(12-2)6(5-9)8(10)11/h3-4H2,1-2H3,(H2,10,11). The van der Waals surface area contributed by atoms with Crippen LogP contribution in [0.1, 0.15) is 19.8 Å². The molecular weight excluding hydrogens is 156 g/mol. The Hall–Kier alpha value is -1.50. The third-order valence-electron chi connectivity index (χ3n) is 1.36. The second-order valence-corrected chi connectivity index (χ2v) is 2.23. The van der Waals surface area contributed by atoms with Crippen molar-refractivity contribution in [3.05, 3.63) is 11.3 Å².